The minimum absolute atomic E-state index is 0.698. The first-order valence-corrected chi connectivity index (χ1v) is 6.98. The van der Waals surface area contributed by atoms with Gasteiger partial charge in [0.05, 0.1) is 0 Å². The van der Waals surface area contributed by atoms with Gasteiger partial charge in [0.2, 0.25) is 0 Å². The maximum atomic E-state index is 5.96. The third kappa shape index (κ3) is 1.61. The summed E-state index contributed by atoms with van der Waals surface area (Å²) in [6.45, 7) is 2.20. The predicted octanol–water partition coefficient (Wildman–Crippen LogP) is 3.72. The second-order valence-electron chi connectivity index (χ2n) is 5.46. The Bertz CT molecular complexity index is 582. The summed E-state index contributed by atoms with van der Waals surface area (Å²) >= 11 is 5.96. The molecule has 3 nitrogen and oxygen atoms in total. The molecule has 2 heterocycles. The third-order valence-electron chi connectivity index (χ3n) is 4.34. The van der Waals surface area contributed by atoms with Crippen molar-refractivity contribution in [1.29, 1.82) is 0 Å². The number of hydrogen-bond donors (Lipinski definition) is 0. The van der Waals surface area contributed by atoms with E-state index in [0.29, 0.717) is 5.02 Å². The van der Waals surface area contributed by atoms with Crippen LogP contribution in [0.15, 0.2) is 22.6 Å². The second-order valence-corrected chi connectivity index (χ2v) is 5.90. The SMILES string of the molecule is Clc1ccc2nc(N3CC4CCCC4C3)oc2c1. The van der Waals surface area contributed by atoms with Crippen LogP contribution < -0.4 is 4.90 Å². The van der Waals surface area contributed by atoms with E-state index < -0.39 is 0 Å². The molecule has 18 heavy (non-hydrogen) atoms. The van der Waals surface area contributed by atoms with Gasteiger partial charge in [0.1, 0.15) is 5.52 Å². The fourth-order valence-corrected chi connectivity index (χ4v) is 3.57. The van der Waals surface area contributed by atoms with Gasteiger partial charge >= 0.3 is 0 Å². The van der Waals surface area contributed by atoms with E-state index in [0.717, 1.165) is 42.0 Å². The highest BCUT2D eigenvalue weighted by atomic mass is 35.5. The van der Waals surface area contributed by atoms with E-state index in [-0.39, 0.29) is 0 Å². The summed E-state index contributed by atoms with van der Waals surface area (Å²) in [5.41, 5.74) is 1.68. The minimum Gasteiger partial charge on any atom is -0.423 e. The van der Waals surface area contributed by atoms with Crippen LogP contribution in [0.5, 0.6) is 0 Å². The van der Waals surface area contributed by atoms with Crippen LogP contribution in [0.25, 0.3) is 11.1 Å². The van der Waals surface area contributed by atoms with Crippen molar-refractivity contribution in [3.05, 3.63) is 23.2 Å². The van der Waals surface area contributed by atoms with Gasteiger partial charge in [-0.3, -0.25) is 0 Å². The fraction of sp³-hybridized carbons (Fsp3) is 0.500. The Hall–Kier alpha value is -1.22. The number of aromatic nitrogens is 1. The molecule has 2 atom stereocenters. The normalized spacial score (nSPS) is 27.1. The first kappa shape index (κ1) is 10.7. The number of benzene rings is 1. The highest BCUT2D eigenvalue weighted by Crippen LogP contribution is 2.39. The van der Waals surface area contributed by atoms with Crippen LogP contribution in [0.3, 0.4) is 0 Å². The lowest BCUT2D eigenvalue weighted by Gasteiger charge is -2.13. The molecular formula is C14H15ClN2O. The van der Waals surface area contributed by atoms with E-state index in [9.17, 15) is 0 Å². The Morgan fingerprint density at radius 1 is 1.22 bits per heavy atom. The Kier molecular flexibility index (Phi) is 2.31. The molecule has 2 fully saturated rings. The standard InChI is InChI=1S/C14H15ClN2O/c15-11-4-5-12-13(6-11)18-14(16-12)17-7-9-2-1-3-10(9)8-17/h4-6,9-10H,1-3,7-8H2. The predicted molar refractivity (Wildman–Crippen MR) is 72.1 cm³/mol. The number of rotatable bonds is 1. The lowest BCUT2D eigenvalue weighted by molar-refractivity contribution is 0.494. The number of oxazole rings is 1. The molecule has 1 saturated heterocycles. The molecule has 2 aliphatic rings. The van der Waals surface area contributed by atoms with Crippen LogP contribution in [0, 0.1) is 11.8 Å². The van der Waals surface area contributed by atoms with E-state index in [2.05, 4.69) is 9.88 Å². The Morgan fingerprint density at radius 2 is 2.00 bits per heavy atom. The van der Waals surface area contributed by atoms with E-state index in [1.807, 2.05) is 18.2 Å². The Labute approximate surface area is 111 Å². The quantitative estimate of drug-likeness (QED) is 0.784. The summed E-state index contributed by atoms with van der Waals surface area (Å²) in [4.78, 5) is 6.86. The highest BCUT2D eigenvalue weighted by Gasteiger charge is 2.37. The van der Waals surface area contributed by atoms with Gasteiger partial charge in [0, 0.05) is 24.2 Å². The van der Waals surface area contributed by atoms with Crippen molar-refractivity contribution in [2.75, 3.05) is 18.0 Å². The Morgan fingerprint density at radius 3 is 2.78 bits per heavy atom. The Balaban J connectivity index is 1.67. The van der Waals surface area contributed by atoms with Gasteiger partial charge in [-0.15, -0.1) is 0 Å². The van der Waals surface area contributed by atoms with Crippen molar-refractivity contribution in [2.24, 2.45) is 11.8 Å². The summed E-state index contributed by atoms with van der Waals surface area (Å²) in [7, 11) is 0. The van der Waals surface area contributed by atoms with Crippen LogP contribution in [-0.2, 0) is 0 Å². The zero-order valence-electron chi connectivity index (χ0n) is 10.1. The summed E-state index contributed by atoms with van der Waals surface area (Å²) < 4.78 is 5.83. The molecule has 1 aromatic carbocycles. The summed E-state index contributed by atoms with van der Waals surface area (Å²) in [5.74, 6) is 1.70. The van der Waals surface area contributed by atoms with Gasteiger partial charge in [-0.1, -0.05) is 18.0 Å². The molecule has 2 unspecified atom stereocenters. The van der Waals surface area contributed by atoms with E-state index in [1.165, 1.54) is 19.3 Å². The van der Waals surface area contributed by atoms with Crippen molar-refractivity contribution in [2.45, 2.75) is 19.3 Å². The molecule has 4 heteroatoms. The maximum absolute atomic E-state index is 5.96. The summed E-state index contributed by atoms with van der Waals surface area (Å²) in [5, 5.41) is 0.698. The fourth-order valence-electron chi connectivity index (χ4n) is 3.41. The zero-order valence-corrected chi connectivity index (χ0v) is 10.9. The number of fused-ring (bicyclic) bond motifs is 2. The van der Waals surface area contributed by atoms with Gasteiger partial charge in [-0.2, -0.15) is 4.98 Å². The van der Waals surface area contributed by atoms with Crippen molar-refractivity contribution in [1.82, 2.24) is 4.98 Å². The number of hydrogen-bond acceptors (Lipinski definition) is 3. The highest BCUT2D eigenvalue weighted by molar-refractivity contribution is 6.31. The van der Waals surface area contributed by atoms with E-state index in [1.54, 1.807) is 0 Å². The van der Waals surface area contributed by atoms with Crippen molar-refractivity contribution < 1.29 is 4.42 Å². The number of anilines is 1. The van der Waals surface area contributed by atoms with Gasteiger partial charge in [0.25, 0.3) is 6.01 Å². The molecule has 94 valence electrons. The largest absolute Gasteiger partial charge is 0.423 e. The molecule has 0 bridgehead atoms. The lowest BCUT2D eigenvalue weighted by atomic mass is 10.0. The molecule has 0 spiro atoms. The molecule has 1 aliphatic heterocycles. The minimum atomic E-state index is 0.698. The number of halogens is 1. The molecule has 0 amide bonds. The van der Waals surface area contributed by atoms with Crippen LogP contribution in [0.4, 0.5) is 6.01 Å². The molecule has 1 aromatic heterocycles. The molecule has 0 N–H and O–H groups in total. The zero-order chi connectivity index (χ0) is 12.1. The average Bonchev–Trinajstić information content (AvgIpc) is 2.99. The monoisotopic (exact) mass is 262 g/mol. The van der Waals surface area contributed by atoms with E-state index in [4.69, 9.17) is 16.0 Å². The summed E-state index contributed by atoms with van der Waals surface area (Å²) in [6.07, 6.45) is 4.13. The molecule has 1 saturated carbocycles. The maximum Gasteiger partial charge on any atom is 0.298 e. The van der Waals surface area contributed by atoms with Crippen LogP contribution in [0.1, 0.15) is 19.3 Å². The topological polar surface area (TPSA) is 29.3 Å². The van der Waals surface area contributed by atoms with Crippen molar-refractivity contribution >= 4 is 28.7 Å². The third-order valence-corrected chi connectivity index (χ3v) is 4.57. The van der Waals surface area contributed by atoms with E-state index >= 15 is 0 Å². The first-order chi connectivity index (χ1) is 8.79. The number of nitrogens with zero attached hydrogens (tertiary/aromatic N) is 2. The van der Waals surface area contributed by atoms with Crippen LogP contribution in [0.2, 0.25) is 5.02 Å². The first-order valence-electron chi connectivity index (χ1n) is 6.60. The molecule has 4 rings (SSSR count). The van der Waals surface area contributed by atoms with Crippen LogP contribution >= 0.6 is 11.6 Å². The molecular weight excluding hydrogens is 248 g/mol. The van der Waals surface area contributed by atoms with Gasteiger partial charge in [-0.05, 0) is 36.8 Å². The molecule has 1 aliphatic carbocycles. The van der Waals surface area contributed by atoms with Crippen molar-refractivity contribution in [3.63, 3.8) is 0 Å². The molecule has 2 aromatic rings. The smallest absolute Gasteiger partial charge is 0.298 e. The van der Waals surface area contributed by atoms with Gasteiger partial charge < -0.3 is 9.32 Å². The van der Waals surface area contributed by atoms with Gasteiger partial charge in [-0.25, -0.2) is 0 Å². The van der Waals surface area contributed by atoms with Crippen LogP contribution in [-0.4, -0.2) is 18.1 Å². The van der Waals surface area contributed by atoms with Gasteiger partial charge in [0.15, 0.2) is 5.58 Å². The van der Waals surface area contributed by atoms with Crippen molar-refractivity contribution in [3.8, 4) is 0 Å². The molecule has 0 radical (unpaired) electrons. The second kappa shape index (κ2) is 3.89. The average molecular weight is 263 g/mol. The summed E-state index contributed by atoms with van der Waals surface area (Å²) in [6, 6.07) is 6.38. The lowest BCUT2D eigenvalue weighted by Crippen LogP contribution is -2.20.